The summed E-state index contributed by atoms with van der Waals surface area (Å²) in [7, 11) is -2.62. The van der Waals surface area contributed by atoms with Crippen molar-refractivity contribution in [2.45, 2.75) is 76.5 Å². The Bertz CT molecular complexity index is 1300. The number of carbonyl (C=O) groups is 2. The lowest BCUT2D eigenvalue weighted by molar-refractivity contribution is -0.125. The molecule has 0 aliphatic heterocycles. The Labute approximate surface area is 256 Å². The fraction of sp³-hybridized carbons (Fsp3) is 0.562. The Morgan fingerprint density at radius 1 is 1.02 bits per heavy atom. The van der Waals surface area contributed by atoms with Gasteiger partial charge in [-0.15, -0.1) is 0 Å². The molecule has 0 radical (unpaired) electrons. The van der Waals surface area contributed by atoms with Gasteiger partial charge in [-0.05, 0) is 54.0 Å². The summed E-state index contributed by atoms with van der Waals surface area (Å²) in [5.74, 6) is 0.0925. The smallest absolute Gasteiger partial charge is 0.245 e. The molecule has 0 bridgehead atoms. The molecule has 2 amide bonds. The highest BCUT2D eigenvalue weighted by atomic mass is 32.2. The molecule has 1 fully saturated rings. The van der Waals surface area contributed by atoms with Crippen LogP contribution in [0.4, 0.5) is 0 Å². The van der Waals surface area contributed by atoms with E-state index in [4.69, 9.17) is 4.74 Å². The van der Waals surface area contributed by atoms with Crippen LogP contribution >= 0.6 is 0 Å². The molecule has 0 aromatic heterocycles. The Balaban J connectivity index is 1.73. The minimum Gasteiger partial charge on any atom is -0.497 e. The lowest BCUT2D eigenvalue weighted by Crippen LogP contribution is -2.55. The maximum Gasteiger partial charge on any atom is 0.245 e. The molecule has 1 saturated carbocycles. The third-order valence-electron chi connectivity index (χ3n) is 7.35. The Hall–Kier alpha value is -2.99. The standard InChI is InChI=1S/C32H48N4O6S/c1-24(2)22-36(43(40,41)28-15-13-27(42-5)14-16-28)32(39,19-25-9-7-6-8-10-25)17-18-33-29(37)20-31(3,4)23-35-30(38)21-34-26-11-12-26/h6-10,13-16,24,26,34,39H,11-12,17-23H2,1-5H3,(H,33,37)(H,35,38). The normalized spacial score (nSPS) is 15.3. The molecular weight excluding hydrogens is 568 g/mol. The van der Waals surface area contributed by atoms with E-state index in [1.54, 1.807) is 12.1 Å². The monoisotopic (exact) mass is 616 g/mol. The number of carbonyl (C=O) groups excluding carboxylic acids is 2. The molecular formula is C32H48N4O6S. The van der Waals surface area contributed by atoms with Crippen LogP contribution in [0.2, 0.25) is 0 Å². The van der Waals surface area contributed by atoms with Gasteiger partial charge in [0.2, 0.25) is 21.8 Å². The van der Waals surface area contributed by atoms with Gasteiger partial charge >= 0.3 is 0 Å². The fourth-order valence-corrected chi connectivity index (χ4v) is 6.64. The molecule has 4 N–H and O–H groups in total. The lowest BCUT2D eigenvalue weighted by atomic mass is 9.88. The van der Waals surface area contributed by atoms with Crippen LogP contribution in [0.3, 0.4) is 0 Å². The summed E-state index contributed by atoms with van der Waals surface area (Å²) in [6.45, 7) is 8.33. The molecule has 1 aliphatic rings. The zero-order chi connectivity index (χ0) is 31.7. The molecule has 0 saturated heterocycles. The van der Waals surface area contributed by atoms with Crippen LogP contribution in [0.5, 0.6) is 5.75 Å². The van der Waals surface area contributed by atoms with E-state index in [-0.39, 0.29) is 61.5 Å². The first-order chi connectivity index (χ1) is 20.2. The van der Waals surface area contributed by atoms with E-state index in [1.165, 1.54) is 23.5 Å². The number of sulfonamides is 1. The highest BCUT2D eigenvalue weighted by molar-refractivity contribution is 7.89. The predicted octanol–water partition coefficient (Wildman–Crippen LogP) is 3.06. The topological polar surface area (TPSA) is 137 Å². The van der Waals surface area contributed by atoms with Crippen LogP contribution in [0, 0.1) is 11.3 Å². The van der Waals surface area contributed by atoms with Crippen molar-refractivity contribution in [1.82, 2.24) is 20.3 Å². The quantitative estimate of drug-likeness (QED) is 0.189. The van der Waals surface area contributed by atoms with Crippen molar-refractivity contribution in [2.24, 2.45) is 11.3 Å². The summed E-state index contributed by atoms with van der Waals surface area (Å²) >= 11 is 0. The van der Waals surface area contributed by atoms with Crippen molar-refractivity contribution in [2.75, 3.05) is 33.3 Å². The van der Waals surface area contributed by atoms with Gasteiger partial charge in [-0.2, -0.15) is 4.31 Å². The second kappa shape index (κ2) is 15.1. The minimum absolute atomic E-state index is 0.0280. The zero-order valence-electron chi connectivity index (χ0n) is 26.1. The molecule has 1 aliphatic carbocycles. The number of ether oxygens (including phenoxy) is 1. The average molecular weight is 617 g/mol. The van der Waals surface area contributed by atoms with Crippen LogP contribution in [0.15, 0.2) is 59.5 Å². The van der Waals surface area contributed by atoms with E-state index in [9.17, 15) is 23.1 Å². The summed E-state index contributed by atoms with van der Waals surface area (Å²) in [4.78, 5) is 25.1. The number of hydrogen-bond donors (Lipinski definition) is 4. The number of rotatable bonds is 18. The first-order valence-electron chi connectivity index (χ1n) is 14.9. The van der Waals surface area contributed by atoms with Crippen LogP contribution in [-0.4, -0.2) is 74.7 Å². The second-order valence-electron chi connectivity index (χ2n) is 12.6. The van der Waals surface area contributed by atoms with E-state index < -0.39 is 21.2 Å². The predicted molar refractivity (Wildman–Crippen MR) is 167 cm³/mol. The van der Waals surface area contributed by atoms with Crippen molar-refractivity contribution in [3.63, 3.8) is 0 Å². The van der Waals surface area contributed by atoms with E-state index in [2.05, 4.69) is 16.0 Å². The van der Waals surface area contributed by atoms with Crippen molar-refractivity contribution >= 4 is 21.8 Å². The summed E-state index contributed by atoms with van der Waals surface area (Å²) < 4.78 is 34.4. The van der Waals surface area contributed by atoms with Gasteiger partial charge in [0.05, 0.1) is 18.6 Å². The number of aliphatic hydroxyl groups is 1. The van der Waals surface area contributed by atoms with Gasteiger partial charge < -0.3 is 25.8 Å². The number of hydrogen-bond acceptors (Lipinski definition) is 7. The fourth-order valence-electron chi connectivity index (χ4n) is 4.81. The first kappa shape index (κ1) is 34.5. The van der Waals surface area contributed by atoms with E-state index in [0.29, 0.717) is 18.3 Å². The van der Waals surface area contributed by atoms with Crippen molar-refractivity contribution in [1.29, 1.82) is 0 Å². The van der Waals surface area contributed by atoms with Crippen molar-refractivity contribution in [3.8, 4) is 5.75 Å². The lowest BCUT2D eigenvalue weighted by Gasteiger charge is -2.40. The van der Waals surface area contributed by atoms with E-state index >= 15 is 0 Å². The maximum absolute atomic E-state index is 14.0. The zero-order valence-corrected chi connectivity index (χ0v) is 26.9. The van der Waals surface area contributed by atoms with Crippen LogP contribution in [-0.2, 0) is 26.0 Å². The summed E-state index contributed by atoms with van der Waals surface area (Å²) in [6.07, 6.45) is 2.36. The number of amides is 2. The summed E-state index contributed by atoms with van der Waals surface area (Å²) in [5, 5.41) is 21.1. The molecule has 3 rings (SSSR count). The second-order valence-corrected chi connectivity index (χ2v) is 14.5. The molecule has 0 heterocycles. The third kappa shape index (κ3) is 10.9. The van der Waals surface area contributed by atoms with Crippen molar-refractivity contribution in [3.05, 3.63) is 60.2 Å². The van der Waals surface area contributed by atoms with Crippen LogP contribution in [0.25, 0.3) is 0 Å². The van der Waals surface area contributed by atoms with E-state index in [0.717, 1.165) is 18.4 Å². The first-order valence-corrected chi connectivity index (χ1v) is 16.4. The highest BCUT2D eigenvalue weighted by Crippen LogP contribution is 2.31. The molecule has 238 valence electrons. The Morgan fingerprint density at radius 3 is 2.26 bits per heavy atom. The number of nitrogens with zero attached hydrogens (tertiary/aromatic N) is 1. The molecule has 1 unspecified atom stereocenters. The molecule has 1 atom stereocenters. The van der Waals surface area contributed by atoms with Gasteiger partial charge in [0.15, 0.2) is 0 Å². The van der Waals surface area contributed by atoms with Crippen molar-refractivity contribution < 1.29 is 27.9 Å². The SMILES string of the molecule is COc1ccc(S(=O)(=O)N(CC(C)C)C(O)(CCNC(=O)CC(C)(C)CNC(=O)CNC2CC2)Cc2ccccc2)cc1. The number of benzene rings is 2. The molecule has 2 aromatic rings. The number of nitrogens with one attached hydrogen (secondary N) is 3. The third-order valence-corrected chi connectivity index (χ3v) is 9.29. The summed E-state index contributed by atoms with van der Waals surface area (Å²) in [5.41, 5.74) is -1.56. The summed E-state index contributed by atoms with van der Waals surface area (Å²) in [6, 6.07) is 15.7. The highest BCUT2D eigenvalue weighted by Gasteiger charge is 2.43. The molecule has 2 aromatic carbocycles. The Kier molecular flexibility index (Phi) is 12.1. The molecule has 10 nitrogen and oxygen atoms in total. The van der Waals surface area contributed by atoms with Gasteiger partial charge in [0.1, 0.15) is 11.5 Å². The number of methoxy groups -OCH3 is 1. The maximum atomic E-state index is 14.0. The van der Waals surface area contributed by atoms with Gasteiger partial charge in [-0.1, -0.05) is 58.0 Å². The average Bonchev–Trinajstić information content (AvgIpc) is 3.78. The van der Waals surface area contributed by atoms with Crippen LogP contribution in [0.1, 0.15) is 58.9 Å². The van der Waals surface area contributed by atoms with Gasteiger partial charge in [-0.3, -0.25) is 9.59 Å². The van der Waals surface area contributed by atoms with Crippen LogP contribution < -0.4 is 20.7 Å². The Morgan fingerprint density at radius 2 is 1.67 bits per heavy atom. The van der Waals surface area contributed by atoms with Gasteiger partial charge in [0.25, 0.3) is 0 Å². The van der Waals surface area contributed by atoms with E-state index in [1.807, 2.05) is 58.0 Å². The molecule has 11 heteroatoms. The minimum atomic E-state index is -4.13. The molecule has 43 heavy (non-hydrogen) atoms. The van der Waals surface area contributed by atoms with Gasteiger partial charge in [-0.25, -0.2) is 8.42 Å². The van der Waals surface area contributed by atoms with Gasteiger partial charge in [0, 0.05) is 44.9 Å². The largest absolute Gasteiger partial charge is 0.497 e. The molecule has 0 spiro atoms.